The van der Waals surface area contributed by atoms with Gasteiger partial charge in [-0.3, -0.25) is 9.59 Å². The van der Waals surface area contributed by atoms with Crippen LogP contribution in [0.25, 0.3) is 0 Å². The van der Waals surface area contributed by atoms with Gasteiger partial charge in [-0.2, -0.15) is 0 Å². The number of amides is 1. The van der Waals surface area contributed by atoms with Crippen LogP contribution >= 0.6 is 0 Å². The molecule has 0 saturated carbocycles. The molecular formula is C88H175NO5. The van der Waals surface area contributed by atoms with Crippen molar-refractivity contribution >= 4 is 11.9 Å². The van der Waals surface area contributed by atoms with Gasteiger partial charge < -0.3 is 20.3 Å². The molecule has 0 aromatic carbocycles. The second-order valence-corrected chi connectivity index (χ2v) is 30.9. The zero-order valence-corrected chi connectivity index (χ0v) is 64.8. The SMILES string of the molecule is CCCCCCCCCCCCCCCCCCCCCCCCCCC(O)C(CO)NC(=O)CCCCCCCCCCCCCCCCCCCCCCCCCCCCCCCCCCCCCOC(=O)CCCCCCCCCCCCCCCCCCCC. The highest BCUT2D eigenvalue weighted by molar-refractivity contribution is 5.76. The number of nitrogens with one attached hydrogen (secondary N) is 1. The average molecular weight is 1330 g/mol. The first-order chi connectivity index (χ1) is 46.5. The summed E-state index contributed by atoms with van der Waals surface area (Å²) in [6.45, 7) is 5.03. The molecule has 1 amide bonds. The molecule has 0 heterocycles. The van der Waals surface area contributed by atoms with Gasteiger partial charge in [0.05, 0.1) is 25.4 Å². The van der Waals surface area contributed by atoms with Crippen LogP contribution in [0.4, 0.5) is 0 Å². The molecule has 0 aliphatic rings. The highest BCUT2D eigenvalue weighted by Gasteiger charge is 2.20. The first kappa shape index (κ1) is 92.9. The topological polar surface area (TPSA) is 95.9 Å². The highest BCUT2D eigenvalue weighted by Crippen LogP contribution is 2.22. The summed E-state index contributed by atoms with van der Waals surface area (Å²) in [6.07, 6.45) is 107. The van der Waals surface area contributed by atoms with E-state index in [1.807, 2.05) is 0 Å². The third-order valence-corrected chi connectivity index (χ3v) is 21.4. The number of rotatable bonds is 85. The Bertz CT molecular complexity index is 1390. The number of hydrogen-bond donors (Lipinski definition) is 3. The van der Waals surface area contributed by atoms with Crippen molar-refractivity contribution in [1.82, 2.24) is 5.32 Å². The van der Waals surface area contributed by atoms with Crippen molar-refractivity contribution in [1.29, 1.82) is 0 Å². The number of aliphatic hydroxyl groups is 2. The molecule has 6 nitrogen and oxygen atoms in total. The van der Waals surface area contributed by atoms with E-state index in [2.05, 4.69) is 19.2 Å². The first-order valence-electron chi connectivity index (χ1n) is 44.3. The number of carbonyl (C=O) groups is 2. The van der Waals surface area contributed by atoms with Crippen LogP contribution in [0.1, 0.15) is 528 Å². The van der Waals surface area contributed by atoms with Gasteiger partial charge in [-0.25, -0.2) is 0 Å². The maximum Gasteiger partial charge on any atom is 0.305 e. The van der Waals surface area contributed by atoms with E-state index in [9.17, 15) is 19.8 Å². The Hall–Kier alpha value is -1.14. The Morgan fingerprint density at radius 3 is 0.649 bits per heavy atom. The van der Waals surface area contributed by atoms with Crippen molar-refractivity contribution in [3.63, 3.8) is 0 Å². The molecule has 0 bridgehead atoms. The van der Waals surface area contributed by atoms with E-state index in [0.717, 1.165) is 38.5 Å². The molecule has 0 rings (SSSR count). The van der Waals surface area contributed by atoms with Crippen LogP contribution in [0.3, 0.4) is 0 Å². The Labute approximate surface area is 591 Å². The molecule has 0 aliphatic carbocycles. The number of ether oxygens (including phenoxy) is 1. The largest absolute Gasteiger partial charge is 0.466 e. The van der Waals surface area contributed by atoms with Gasteiger partial charge in [0.2, 0.25) is 5.91 Å². The lowest BCUT2D eigenvalue weighted by Gasteiger charge is -2.22. The van der Waals surface area contributed by atoms with E-state index in [0.29, 0.717) is 25.9 Å². The second-order valence-electron chi connectivity index (χ2n) is 30.9. The Morgan fingerprint density at radius 2 is 0.436 bits per heavy atom. The molecule has 0 saturated heterocycles. The van der Waals surface area contributed by atoms with Crippen molar-refractivity contribution in [2.75, 3.05) is 13.2 Å². The van der Waals surface area contributed by atoms with Gasteiger partial charge in [0.15, 0.2) is 0 Å². The van der Waals surface area contributed by atoms with Crippen molar-refractivity contribution in [3.05, 3.63) is 0 Å². The lowest BCUT2D eigenvalue weighted by atomic mass is 10.0. The maximum absolute atomic E-state index is 12.6. The molecule has 94 heavy (non-hydrogen) atoms. The van der Waals surface area contributed by atoms with E-state index in [-0.39, 0.29) is 18.5 Å². The number of aliphatic hydroxyl groups excluding tert-OH is 2. The van der Waals surface area contributed by atoms with Crippen LogP contribution in [0.5, 0.6) is 0 Å². The Kier molecular flexibility index (Phi) is 83.3. The third-order valence-electron chi connectivity index (χ3n) is 21.4. The first-order valence-corrected chi connectivity index (χ1v) is 44.3. The fourth-order valence-corrected chi connectivity index (χ4v) is 14.7. The summed E-state index contributed by atoms with van der Waals surface area (Å²) >= 11 is 0. The van der Waals surface area contributed by atoms with Crippen molar-refractivity contribution in [3.8, 4) is 0 Å². The van der Waals surface area contributed by atoms with Crippen LogP contribution in [0.15, 0.2) is 0 Å². The summed E-state index contributed by atoms with van der Waals surface area (Å²) in [5.41, 5.74) is 0. The van der Waals surface area contributed by atoms with Crippen LogP contribution in [-0.4, -0.2) is 47.4 Å². The van der Waals surface area contributed by atoms with E-state index in [4.69, 9.17) is 4.74 Å². The van der Waals surface area contributed by atoms with Crippen molar-refractivity contribution in [2.45, 2.75) is 540 Å². The minimum Gasteiger partial charge on any atom is -0.466 e. The molecular weight excluding hydrogens is 1150 g/mol. The number of carbonyl (C=O) groups excluding carboxylic acids is 2. The standard InChI is InChI=1S/C88H175NO5/c1-3-5-7-9-11-13-15-17-19-21-23-24-25-39-42-45-48-52-56-60-64-68-72-76-80-86(91)85(84-90)89-87(92)81-77-73-69-65-61-57-53-49-46-43-40-37-35-33-31-29-27-26-28-30-32-34-36-38-41-44-47-51-55-59-63-67-71-75-79-83-94-88(93)82-78-74-70-66-62-58-54-50-22-20-18-16-14-12-10-8-6-4-2/h85-86,90-91H,3-84H2,1-2H3,(H,89,92). The number of esters is 1. The van der Waals surface area contributed by atoms with Gasteiger partial charge in [0.25, 0.3) is 0 Å². The van der Waals surface area contributed by atoms with E-state index < -0.39 is 12.1 Å². The molecule has 3 N–H and O–H groups in total. The van der Waals surface area contributed by atoms with Gasteiger partial charge in [-0.15, -0.1) is 0 Å². The Morgan fingerprint density at radius 1 is 0.255 bits per heavy atom. The van der Waals surface area contributed by atoms with Gasteiger partial charge in [0, 0.05) is 12.8 Å². The van der Waals surface area contributed by atoms with Crippen LogP contribution < -0.4 is 5.32 Å². The molecule has 0 radical (unpaired) electrons. The lowest BCUT2D eigenvalue weighted by Crippen LogP contribution is -2.45. The number of unbranched alkanes of at least 4 members (excludes halogenated alkanes) is 74. The van der Waals surface area contributed by atoms with Gasteiger partial charge in [-0.1, -0.05) is 489 Å². The fourth-order valence-electron chi connectivity index (χ4n) is 14.7. The van der Waals surface area contributed by atoms with Gasteiger partial charge in [0.1, 0.15) is 0 Å². The molecule has 0 aromatic rings. The average Bonchev–Trinajstić information content (AvgIpc) is 3.63. The molecule has 0 aromatic heterocycles. The lowest BCUT2D eigenvalue weighted by molar-refractivity contribution is -0.143. The summed E-state index contributed by atoms with van der Waals surface area (Å²) in [6, 6.07) is -0.538. The summed E-state index contributed by atoms with van der Waals surface area (Å²) in [5.74, 6) is 0.00634. The van der Waals surface area contributed by atoms with Crippen molar-refractivity contribution in [2.24, 2.45) is 0 Å². The molecule has 0 aliphatic heterocycles. The van der Waals surface area contributed by atoms with Crippen molar-refractivity contribution < 1.29 is 24.5 Å². The highest BCUT2D eigenvalue weighted by atomic mass is 16.5. The minimum atomic E-state index is -0.661. The third kappa shape index (κ3) is 79.8. The molecule has 0 fully saturated rings. The zero-order chi connectivity index (χ0) is 67.7. The predicted molar refractivity (Wildman–Crippen MR) is 417 cm³/mol. The fraction of sp³-hybridized carbons (Fsp3) is 0.977. The monoisotopic (exact) mass is 1330 g/mol. The summed E-state index contributed by atoms with van der Waals surface area (Å²) < 4.78 is 5.53. The Balaban J connectivity index is 3.30. The van der Waals surface area contributed by atoms with Crippen LogP contribution in [0.2, 0.25) is 0 Å². The van der Waals surface area contributed by atoms with E-state index in [1.54, 1.807) is 0 Å². The molecule has 2 atom stereocenters. The maximum atomic E-state index is 12.6. The van der Waals surface area contributed by atoms with E-state index >= 15 is 0 Å². The van der Waals surface area contributed by atoms with E-state index in [1.165, 1.54) is 456 Å². The molecule has 0 spiro atoms. The quantitative estimate of drug-likeness (QED) is 0.0417. The van der Waals surface area contributed by atoms with Gasteiger partial charge >= 0.3 is 5.97 Å². The molecule has 6 heteroatoms. The molecule has 562 valence electrons. The van der Waals surface area contributed by atoms with Crippen LogP contribution in [0, 0.1) is 0 Å². The minimum absolute atomic E-state index is 0.0225. The smallest absolute Gasteiger partial charge is 0.305 e. The molecule has 2 unspecified atom stereocenters. The number of hydrogen-bond acceptors (Lipinski definition) is 5. The normalized spacial score (nSPS) is 12.3. The second kappa shape index (κ2) is 84.3. The van der Waals surface area contributed by atoms with Gasteiger partial charge in [-0.05, 0) is 25.7 Å². The summed E-state index contributed by atoms with van der Waals surface area (Å²) in [7, 11) is 0. The zero-order valence-electron chi connectivity index (χ0n) is 64.8. The summed E-state index contributed by atoms with van der Waals surface area (Å²) in [5, 5.41) is 23.5. The predicted octanol–water partition coefficient (Wildman–Crippen LogP) is 29.6. The summed E-state index contributed by atoms with van der Waals surface area (Å²) in [4.78, 5) is 24.7. The van der Waals surface area contributed by atoms with Crippen LogP contribution in [-0.2, 0) is 14.3 Å².